The van der Waals surface area contributed by atoms with Gasteiger partial charge in [-0.25, -0.2) is 4.39 Å². The first-order valence-corrected chi connectivity index (χ1v) is 10.1. The van der Waals surface area contributed by atoms with Crippen LogP contribution < -0.4 is 16.0 Å². The van der Waals surface area contributed by atoms with Gasteiger partial charge in [0.25, 0.3) is 0 Å². The van der Waals surface area contributed by atoms with Crippen LogP contribution >= 0.6 is 15.9 Å². The van der Waals surface area contributed by atoms with Gasteiger partial charge in [0, 0.05) is 41.3 Å². The van der Waals surface area contributed by atoms with Gasteiger partial charge in [0.15, 0.2) is 0 Å². The van der Waals surface area contributed by atoms with Gasteiger partial charge >= 0.3 is 0 Å². The third-order valence-corrected chi connectivity index (χ3v) is 5.54. The Balaban J connectivity index is 1.50. The third kappa shape index (κ3) is 5.32. The molecule has 0 unspecified atom stereocenters. The number of rotatable bonds is 6. The van der Waals surface area contributed by atoms with Crippen molar-refractivity contribution in [3.63, 3.8) is 0 Å². The molecule has 0 saturated carbocycles. The monoisotopic (exact) mass is 447 g/mol. The van der Waals surface area contributed by atoms with Crippen LogP contribution in [0.25, 0.3) is 0 Å². The summed E-state index contributed by atoms with van der Waals surface area (Å²) in [5, 5.41) is 2.84. The van der Waals surface area contributed by atoms with Crippen molar-refractivity contribution in [2.45, 2.75) is 25.7 Å². The van der Waals surface area contributed by atoms with Gasteiger partial charge in [0.05, 0.1) is 0 Å². The number of benzene rings is 2. The summed E-state index contributed by atoms with van der Waals surface area (Å²) >= 11 is 3.22. The maximum Gasteiger partial charge on any atom is 0.224 e. The summed E-state index contributed by atoms with van der Waals surface area (Å²) in [7, 11) is 0. The van der Waals surface area contributed by atoms with Crippen LogP contribution in [0.2, 0.25) is 0 Å². The van der Waals surface area contributed by atoms with E-state index in [4.69, 9.17) is 5.73 Å². The molecule has 0 atom stereocenters. The van der Waals surface area contributed by atoms with Crippen LogP contribution in [0.15, 0.2) is 46.9 Å². The molecule has 1 aliphatic heterocycles. The van der Waals surface area contributed by atoms with Crippen molar-refractivity contribution in [1.82, 2.24) is 0 Å². The zero-order valence-electron chi connectivity index (χ0n) is 15.5. The predicted molar refractivity (Wildman–Crippen MR) is 112 cm³/mol. The Bertz CT molecular complexity index is 849. The van der Waals surface area contributed by atoms with E-state index in [0.29, 0.717) is 22.1 Å². The minimum absolute atomic E-state index is 0.0367. The van der Waals surface area contributed by atoms with E-state index in [1.807, 2.05) is 24.3 Å². The second kappa shape index (κ2) is 9.19. The number of amides is 2. The molecule has 2 amide bonds. The number of nitrogens with two attached hydrogens (primary N) is 1. The van der Waals surface area contributed by atoms with Crippen molar-refractivity contribution in [2.75, 3.05) is 23.3 Å². The molecule has 0 spiro atoms. The van der Waals surface area contributed by atoms with Crippen LogP contribution in [0.3, 0.4) is 0 Å². The maximum absolute atomic E-state index is 13.8. The zero-order valence-corrected chi connectivity index (χ0v) is 17.0. The molecule has 1 saturated heterocycles. The van der Waals surface area contributed by atoms with Gasteiger partial charge in [-0.15, -0.1) is 0 Å². The Labute approximate surface area is 172 Å². The van der Waals surface area contributed by atoms with E-state index in [9.17, 15) is 14.0 Å². The number of halogens is 2. The lowest BCUT2D eigenvalue weighted by molar-refractivity contribution is -0.122. The number of carbonyl (C=O) groups excluding carboxylic acids is 2. The minimum atomic E-state index is -0.313. The lowest BCUT2D eigenvalue weighted by Crippen LogP contribution is -2.38. The SMILES string of the molecule is NC(=O)C1CCN(c2ccc(NC(=O)CCc3ccc(Br)cc3F)cc2)CC1. The average molecular weight is 448 g/mol. The van der Waals surface area contributed by atoms with E-state index in [-0.39, 0.29) is 30.0 Å². The standard InChI is InChI=1S/C21H23BrFN3O2/c22-16-3-1-14(19(23)13-16)2-8-20(27)25-17-4-6-18(7-5-17)26-11-9-15(10-12-26)21(24)28/h1,3-7,13,15H,2,8-12H2,(H2,24,28)(H,25,27). The summed E-state index contributed by atoms with van der Waals surface area (Å²) in [4.78, 5) is 25.6. The van der Waals surface area contributed by atoms with Crippen molar-refractivity contribution in [3.8, 4) is 0 Å². The lowest BCUT2D eigenvalue weighted by atomic mass is 9.96. The summed E-state index contributed by atoms with van der Waals surface area (Å²) < 4.78 is 14.5. The number of anilines is 2. The Morgan fingerprint density at radius 3 is 2.43 bits per heavy atom. The second-order valence-corrected chi connectivity index (χ2v) is 7.91. The molecule has 148 valence electrons. The number of aryl methyl sites for hydroxylation is 1. The topological polar surface area (TPSA) is 75.4 Å². The van der Waals surface area contributed by atoms with Crippen LogP contribution in [0.4, 0.5) is 15.8 Å². The molecule has 3 N–H and O–H groups in total. The Morgan fingerprint density at radius 2 is 1.82 bits per heavy atom. The molecule has 2 aromatic rings. The summed E-state index contributed by atoms with van der Waals surface area (Å²) in [5.41, 5.74) is 7.65. The molecule has 0 bridgehead atoms. The van der Waals surface area contributed by atoms with Gasteiger partial charge in [-0.2, -0.15) is 0 Å². The summed E-state index contributed by atoms with van der Waals surface area (Å²) in [6.45, 7) is 1.58. The van der Waals surface area contributed by atoms with E-state index in [0.717, 1.165) is 31.6 Å². The van der Waals surface area contributed by atoms with Crippen LogP contribution in [0.5, 0.6) is 0 Å². The fourth-order valence-electron chi connectivity index (χ4n) is 3.37. The van der Waals surface area contributed by atoms with Crippen LogP contribution in [0, 0.1) is 11.7 Å². The zero-order chi connectivity index (χ0) is 20.1. The van der Waals surface area contributed by atoms with Gasteiger partial charge < -0.3 is 16.0 Å². The Morgan fingerprint density at radius 1 is 1.14 bits per heavy atom. The number of nitrogens with zero attached hydrogens (tertiary/aromatic N) is 1. The molecule has 1 fully saturated rings. The first-order chi connectivity index (χ1) is 13.4. The molecular formula is C21H23BrFN3O2. The molecule has 2 aromatic carbocycles. The highest BCUT2D eigenvalue weighted by Crippen LogP contribution is 2.24. The molecule has 0 aromatic heterocycles. The van der Waals surface area contributed by atoms with Gasteiger partial charge in [0.2, 0.25) is 11.8 Å². The van der Waals surface area contributed by atoms with Crippen LogP contribution in [-0.2, 0) is 16.0 Å². The van der Waals surface area contributed by atoms with Crippen molar-refractivity contribution in [1.29, 1.82) is 0 Å². The molecule has 3 rings (SSSR count). The third-order valence-electron chi connectivity index (χ3n) is 5.05. The highest BCUT2D eigenvalue weighted by molar-refractivity contribution is 9.10. The van der Waals surface area contributed by atoms with Crippen molar-refractivity contribution in [2.24, 2.45) is 11.7 Å². The smallest absolute Gasteiger partial charge is 0.224 e. The molecule has 5 nitrogen and oxygen atoms in total. The van der Waals surface area contributed by atoms with Gasteiger partial charge in [-0.1, -0.05) is 22.0 Å². The molecule has 1 heterocycles. The lowest BCUT2D eigenvalue weighted by Gasteiger charge is -2.32. The predicted octanol–water partition coefficient (Wildman–Crippen LogP) is 3.86. The van der Waals surface area contributed by atoms with Gasteiger partial charge in [0.1, 0.15) is 5.82 Å². The number of carbonyl (C=O) groups is 2. The molecule has 0 radical (unpaired) electrons. The molecule has 7 heteroatoms. The first-order valence-electron chi connectivity index (χ1n) is 9.30. The fraction of sp³-hybridized carbons (Fsp3) is 0.333. The number of hydrogen-bond acceptors (Lipinski definition) is 3. The normalized spacial score (nSPS) is 14.7. The molecular weight excluding hydrogens is 425 g/mol. The van der Waals surface area contributed by atoms with Crippen LogP contribution in [-0.4, -0.2) is 24.9 Å². The van der Waals surface area contributed by atoms with E-state index in [1.54, 1.807) is 12.1 Å². The van der Waals surface area contributed by atoms with Crippen molar-refractivity contribution in [3.05, 3.63) is 58.3 Å². The van der Waals surface area contributed by atoms with E-state index in [2.05, 4.69) is 26.1 Å². The van der Waals surface area contributed by atoms with Crippen LogP contribution in [0.1, 0.15) is 24.8 Å². The second-order valence-electron chi connectivity index (χ2n) is 6.99. The van der Waals surface area contributed by atoms with E-state index < -0.39 is 0 Å². The van der Waals surface area contributed by atoms with Gasteiger partial charge in [-0.3, -0.25) is 9.59 Å². The molecule has 28 heavy (non-hydrogen) atoms. The number of primary amides is 1. The number of nitrogens with one attached hydrogen (secondary N) is 1. The number of hydrogen-bond donors (Lipinski definition) is 2. The quantitative estimate of drug-likeness (QED) is 0.705. The van der Waals surface area contributed by atoms with Crippen molar-refractivity contribution < 1.29 is 14.0 Å². The highest BCUT2D eigenvalue weighted by atomic mass is 79.9. The summed E-state index contributed by atoms with van der Waals surface area (Å²) in [5.74, 6) is -0.727. The number of piperidine rings is 1. The fourth-order valence-corrected chi connectivity index (χ4v) is 3.71. The Hall–Kier alpha value is -2.41. The van der Waals surface area contributed by atoms with Gasteiger partial charge in [-0.05, 0) is 61.2 Å². The average Bonchev–Trinajstić information content (AvgIpc) is 2.68. The van der Waals surface area contributed by atoms with E-state index >= 15 is 0 Å². The summed E-state index contributed by atoms with van der Waals surface area (Å²) in [6.07, 6.45) is 2.08. The minimum Gasteiger partial charge on any atom is -0.371 e. The molecule has 1 aliphatic rings. The first kappa shape index (κ1) is 20.3. The highest BCUT2D eigenvalue weighted by Gasteiger charge is 2.23. The maximum atomic E-state index is 13.8. The largest absolute Gasteiger partial charge is 0.371 e. The van der Waals surface area contributed by atoms with E-state index in [1.165, 1.54) is 6.07 Å². The van der Waals surface area contributed by atoms with Crippen molar-refractivity contribution >= 4 is 39.1 Å². The summed E-state index contributed by atoms with van der Waals surface area (Å²) in [6, 6.07) is 12.5. The molecule has 0 aliphatic carbocycles. The Kier molecular flexibility index (Phi) is 6.67.